The monoisotopic (exact) mass is 447 g/mol. The van der Waals surface area contributed by atoms with Gasteiger partial charge in [0.15, 0.2) is 17.0 Å². The van der Waals surface area contributed by atoms with E-state index in [1.807, 2.05) is 6.07 Å². The van der Waals surface area contributed by atoms with Crippen molar-refractivity contribution in [2.75, 3.05) is 18.5 Å². The molecule has 9 nitrogen and oxygen atoms in total. The van der Waals surface area contributed by atoms with E-state index in [4.69, 9.17) is 16.3 Å². The molecule has 3 aromatic rings. The van der Waals surface area contributed by atoms with Gasteiger partial charge in [-0.3, -0.25) is 4.57 Å². The highest BCUT2D eigenvalue weighted by Gasteiger charge is 2.44. The smallest absolute Gasteiger partial charge is 0.165 e. The van der Waals surface area contributed by atoms with Crippen LogP contribution in [0.2, 0.25) is 5.15 Å². The molecule has 0 aliphatic carbocycles. The van der Waals surface area contributed by atoms with Gasteiger partial charge in [-0.2, -0.15) is 5.26 Å². The van der Waals surface area contributed by atoms with Crippen LogP contribution < -0.4 is 5.32 Å². The third kappa shape index (κ3) is 3.82. The summed E-state index contributed by atoms with van der Waals surface area (Å²) < 4.78 is 20.8. The van der Waals surface area contributed by atoms with E-state index in [0.29, 0.717) is 29.7 Å². The molecule has 11 heteroatoms. The lowest BCUT2D eigenvalue weighted by Crippen LogP contribution is -2.33. The average Bonchev–Trinajstić information content (AvgIpc) is 3.30. The summed E-state index contributed by atoms with van der Waals surface area (Å²) in [5, 5.41) is 42.2. The Morgan fingerprint density at radius 2 is 2.06 bits per heavy atom. The number of fused-ring (bicyclic) bond motifs is 1. The molecule has 2 aromatic heterocycles. The topological polar surface area (TPSA) is 136 Å². The summed E-state index contributed by atoms with van der Waals surface area (Å²) in [6.45, 7) is -0.178. The first-order chi connectivity index (χ1) is 15.0. The molecule has 0 bridgehead atoms. The van der Waals surface area contributed by atoms with Crippen molar-refractivity contribution in [1.29, 1.82) is 5.26 Å². The van der Waals surface area contributed by atoms with E-state index in [-0.39, 0.29) is 22.2 Å². The normalized spacial score (nSPS) is 23.2. The molecule has 0 radical (unpaired) electrons. The summed E-state index contributed by atoms with van der Waals surface area (Å²) >= 11 is 6.22. The van der Waals surface area contributed by atoms with Gasteiger partial charge in [-0.1, -0.05) is 29.8 Å². The molecule has 0 unspecified atom stereocenters. The Balaban J connectivity index is 1.67. The number of nitriles is 1. The van der Waals surface area contributed by atoms with Crippen molar-refractivity contribution >= 4 is 28.5 Å². The number of imidazole rings is 1. The predicted octanol–water partition coefficient (Wildman–Crippen LogP) is 1.36. The van der Waals surface area contributed by atoms with Crippen molar-refractivity contribution in [3.05, 3.63) is 52.7 Å². The van der Waals surface area contributed by atoms with E-state index >= 15 is 0 Å². The maximum atomic E-state index is 13.9. The number of hydrogen-bond donors (Lipinski definition) is 4. The van der Waals surface area contributed by atoms with Crippen molar-refractivity contribution in [2.45, 2.75) is 31.0 Å². The van der Waals surface area contributed by atoms with Crippen LogP contribution in [0.5, 0.6) is 0 Å². The summed E-state index contributed by atoms with van der Waals surface area (Å²) in [6.07, 6.45) is -2.95. The van der Waals surface area contributed by atoms with Crippen LogP contribution in [0.1, 0.15) is 17.4 Å². The lowest BCUT2D eigenvalue weighted by atomic mass is 10.1. The zero-order valence-corrected chi connectivity index (χ0v) is 16.9. The summed E-state index contributed by atoms with van der Waals surface area (Å²) in [4.78, 5) is 8.50. The first kappa shape index (κ1) is 21.4. The van der Waals surface area contributed by atoms with Gasteiger partial charge in [-0.25, -0.2) is 14.4 Å². The third-order valence-corrected chi connectivity index (χ3v) is 5.50. The Bertz CT molecular complexity index is 1150. The Morgan fingerprint density at radius 3 is 2.74 bits per heavy atom. The highest BCUT2D eigenvalue weighted by molar-refractivity contribution is 6.31. The third-order valence-electron chi connectivity index (χ3n) is 5.22. The minimum Gasteiger partial charge on any atom is -0.394 e. The van der Waals surface area contributed by atoms with Crippen molar-refractivity contribution in [1.82, 2.24) is 14.5 Å². The molecular weight excluding hydrogens is 429 g/mol. The first-order valence-corrected chi connectivity index (χ1v) is 9.90. The molecular formula is C20H19ClFN5O4. The van der Waals surface area contributed by atoms with E-state index in [0.717, 1.165) is 0 Å². The van der Waals surface area contributed by atoms with Gasteiger partial charge in [0.2, 0.25) is 0 Å². The summed E-state index contributed by atoms with van der Waals surface area (Å²) in [5.74, 6) is -0.323. The standard InChI is InChI=1S/C20H19ClFN5O4/c21-18-11(7-23)14(24-6-5-10-3-1-2-4-12(10)22)15-19(26-18)27(9-25-15)20-17(30)16(29)13(8-28)31-20/h1-4,9,13,16-17,20,28-30H,5-6,8H2,(H,24,26)/t13-,16-,17-,20-/m1/s1. The Morgan fingerprint density at radius 1 is 1.29 bits per heavy atom. The van der Waals surface area contributed by atoms with Crippen LogP contribution in [-0.2, 0) is 11.2 Å². The highest BCUT2D eigenvalue weighted by Crippen LogP contribution is 2.35. The van der Waals surface area contributed by atoms with Crippen molar-refractivity contribution < 1.29 is 24.4 Å². The summed E-state index contributed by atoms with van der Waals surface area (Å²) in [6, 6.07) is 8.39. The Kier molecular flexibility index (Phi) is 6.04. The number of aliphatic hydroxyl groups is 3. The number of aliphatic hydroxyl groups excluding tert-OH is 3. The SMILES string of the molecule is N#Cc1c(Cl)nc2c(ncn2[C@@H]2O[C@H](CO)[C@@H](O)[C@H]2O)c1NCCc1ccccc1F. The molecule has 4 atom stereocenters. The second kappa shape index (κ2) is 8.74. The molecule has 31 heavy (non-hydrogen) atoms. The van der Waals surface area contributed by atoms with Crippen LogP contribution in [0.4, 0.5) is 10.1 Å². The van der Waals surface area contributed by atoms with Gasteiger partial charge < -0.3 is 25.4 Å². The lowest BCUT2D eigenvalue weighted by Gasteiger charge is -2.17. The zero-order valence-electron chi connectivity index (χ0n) is 16.1. The van der Waals surface area contributed by atoms with Gasteiger partial charge in [0, 0.05) is 6.54 Å². The molecule has 0 amide bonds. The fourth-order valence-corrected chi connectivity index (χ4v) is 3.82. The fourth-order valence-electron chi connectivity index (χ4n) is 3.61. The van der Waals surface area contributed by atoms with Crippen LogP contribution in [0, 0.1) is 17.1 Å². The lowest BCUT2D eigenvalue weighted by molar-refractivity contribution is -0.0511. The Labute approximate surface area is 181 Å². The molecule has 162 valence electrons. The number of benzene rings is 1. The quantitative estimate of drug-likeness (QED) is 0.416. The maximum Gasteiger partial charge on any atom is 0.165 e. The minimum atomic E-state index is -1.33. The number of ether oxygens (including phenoxy) is 1. The summed E-state index contributed by atoms with van der Waals surface area (Å²) in [5.41, 5.74) is 1.43. The molecule has 0 saturated carbocycles. The highest BCUT2D eigenvalue weighted by atomic mass is 35.5. The van der Waals surface area contributed by atoms with Gasteiger partial charge in [-0.15, -0.1) is 0 Å². The average molecular weight is 448 g/mol. The second-order valence-corrected chi connectivity index (χ2v) is 7.44. The van der Waals surface area contributed by atoms with Gasteiger partial charge in [0.05, 0.1) is 18.6 Å². The van der Waals surface area contributed by atoms with Gasteiger partial charge in [0.25, 0.3) is 0 Å². The van der Waals surface area contributed by atoms with Crippen LogP contribution in [-0.4, -0.2) is 61.3 Å². The fraction of sp³-hybridized carbons (Fsp3) is 0.350. The van der Waals surface area contributed by atoms with Crippen LogP contribution >= 0.6 is 11.6 Å². The van der Waals surface area contributed by atoms with E-state index < -0.39 is 31.1 Å². The van der Waals surface area contributed by atoms with Crippen LogP contribution in [0.3, 0.4) is 0 Å². The van der Waals surface area contributed by atoms with E-state index in [1.165, 1.54) is 17.0 Å². The number of nitrogens with one attached hydrogen (secondary N) is 1. The van der Waals surface area contributed by atoms with Gasteiger partial charge in [0.1, 0.15) is 41.3 Å². The molecule has 1 aliphatic rings. The molecule has 1 aromatic carbocycles. The number of halogens is 2. The first-order valence-electron chi connectivity index (χ1n) is 9.52. The molecule has 1 aliphatic heterocycles. The number of nitrogens with zero attached hydrogens (tertiary/aromatic N) is 4. The summed E-state index contributed by atoms with van der Waals surface area (Å²) in [7, 11) is 0. The van der Waals surface area contributed by atoms with Crippen LogP contribution in [0.25, 0.3) is 11.2 Å². The number of anilines is 1. The Hall–Kier alpha value is -2.81. The largest absolute Gasteiger partial charge is 0.394 e. The van der Waals surface area contributed by atoms with E-state index in [2.05, 4.69) is 15.3 Å². The van der Waals surface area contributed by atoms with Crippen molar-refractivity contribution in [3.8, 4) is 6.07 Å². The number of rotatable bonds is 6. The molecule has 1 saturated heterocycles. The minimum absolute atomic E-state index is 0.0779. The maximum absolute atomic E-state index is 13.9. The second-order valence-electron chi connectivity index (χ2n) is 7.09. The molecule has 3 heterocycles. The molecule has 4 N–H and O–H groups in total. The van der Waals surface area contributed by atoms with Crippen LogP contribution in [0.15, 0.2) is 30.6 Å². The number of pyridine rings is 1. The molecule has 0 spiro atoms. The van der Waals surface area contributed by atoms with Crippen molar-refractivity contribution in [2.24, 2.45) is 0 Å². The number of hydrogen-bond acceptors (Lipinski definition) is 8. The van der Waals surface area contributed by atoms with Gasteiger partial charge >= 0.3 is 0 Å². The van der Waals surface area contributed by atoms with Crippen molar-refractivity contribution in [3.63, 3.8) is 0 Å². The zero-order chi connectivity index (χ0) is 22.1. The van der Waals surface area contributed by atoms with Gasteiger partial charge in [-0.05, 0) is 18.1 Å². The molecule has 4 rings (SSSR count). The number of aromatic nitrogens is 3. The molecule has 1 fully saturated rings. The van der Waals surface area contributed by atoms with E-state index in [1.54, 1.807) is 18.2 Å². The predicted molar refractivity (Wildman–Crippen MR) is 109 cm³/mol. The van der Waals surface area contributed by atoms with E-state index in [9.17, 15) is 25.0 Å².